The van der Waals surface area contributed by atoms with E-state index >= 15 is 0 Å². The van der Waals surface area contributed by atoms with Gasteiger partial charge in [-0.05, 0) is 78.8 Å². The molecule has 4 aromatic rings. The first-order chi connectivity index (χ1) is 22.3. The zero-order chi connectivity index (χ0) is 31.7. The molecule has 3 fully saturated rings. The summed E-state index contributed by atoms with van der Waals surface area (Å²) >= 11 is 6.45. The van der Waals surface area contributed by atoms with Gasteiger partial charge in [0.05, 0.1) is 29.7 Å². The number of hydrogen-bond donors (Lipinski definition) is 2. The highest BCUT2D eigenvalue weighted by Gasteiger charge is 2.69. The van der Waals surface area contributed by atoms with Gasteiger partial charge in [-0.15, -0.1) is 11.8 Å². The first-order valence-electron chi connectivity index (χ1n) is 15.0. The molecule has 2 aliphatic heterocycles. The van der Waals surface area contributed by atoms with E-state index in [2.05, 4.69) is 26.2 Å². The fourth-order valence-corrected chi connectivity index (χ4v) is 11.4. The Morgan fingerprint density at radius 2 is 1.74 bits per heavy atom. The van der Waals surface area contributed by atoms with Crippen molar-refractivity contribution in [2.24, 2.45) is 29.6 Å². The number of methoxy groups -OCH3 is 1. The number of anilines is 2. The van der Waals surface area contributed by atoms with Crippen molar-refractivity contribution < 1.29 is 23.9 Å². The van der Waals surface area contributed by atoms with Crippen molar-refractivity contribution in [2.45, 2.75) is 22.6 Å². The van der Waals surface area contributed by atoms with E-state index in [4.69, 9.17) is 9.47 Å². The first kappa shape index (κ1) is 29.5. The smallest absolute Gasteiger partial charge is 0.305 e. The number of carbonyl (C=O) groups is 3. The topological polar surface area (TPSA) is 118 Å². The van der Waals surface area contributed by atoms with Gasteiger partial charge in [-0.2, -0.15) is 0 Å². The molecule has 0 spiro atoms. The Bertz CT molecular complexity index is 1930. The minimum absolute atomic E-state index is 0.0161. The van der Waals surface area contributed by atoms with Gasteiger partial charge in [-0.3, -0.25) is 24.1 Å². The number of benzene rings is 3. The average Bonchev–Trinajstić information content (AvgIpc) is 3.79. The fraction of sp³-hybridized carbons (Fsp3) is 0.294. The number of nitrogens with zero attached hydrogens (tertiary/aromatic N) is 1. The lowest BCUT2D eigenvalue weighted by molar-refractivity contribution is -0.123. The Balaban J connectivity index is 1.14. The number of carbonyl (C=O) groups excluding carboxylic acids is 3. The largest absolute Gasteiger partial charge is 0.497 e. The number of H-pyrrole nitrogens is 1. The monoisotopic (exact) mass is 717 g/mol. The summed E-state index contributed by atoms with van der Waals surface area (Å²) in [6, 6.07) is 21.9. The number of imide groups is 1. The van der Waals surface area contributed by atoms with Crippen LogP contribution < -0.4 is 24.6 Å². The molecule has 0 radical (unpaired) electrons. The zero-order valence-corrected chi connectivity index (χ0v) is 27.7. The molecule has 2 N–H and O–H groups in total. The number of ether oxygens (including phenoxy) is 2. The molecule has 2 aliphatic carbocycles. The first-order valence-corrected chi connectivity index (χ1v) is 17.5. The molecule has 4 aliphatic rings. The molecule has 3 amide bonds. The number of thioether (sulfide) groups is 1. The second kappa shape index (κ2) is 11.4. The van der Waals surface area contributed by atoms with E-state index in [-0.39, 0.29) is 58.1 Å². The number of halogens is 1. The fourth-order valence-electron chi connectivity index (χ4n) is 8.11. The average molecular weight is 719 g/mol. The van der Waals surface area contributed by atoms with Gasteiger partial charge in [-0.1, -0.05) is 45.5 Å². The van der Waals surface area contributed by atoms with Crippen molar-refractivity contribution in [1.29, 1.82) is 0 Å². The van der Waals surface area contributed by atoms with Gasteiger partial charge in [0.2, 0.25) is 11.8 Å². The summed E-state index contributed by atoms with van der Waals surface area (Å²) in [4.78, 5) is 58.8. The van der Waals surface area contributed by atoms with Gasteiger partial charge in [0.15, 0.2) is 6.61 Å². The van der Waals surface area contributed by atoms with Crippen molar-refractivity contribution >= 4 is 68.1 Å². The molecule has 8 rings (SSSR count). The highest BCUT2D eigenvalue weighted by Crippen LogP contribution is 2.69. The maximum absolute atomic E-state index is 14.1. The molecule has 9 nitrogen and oxygen atoms in total. The van der Waals surface area contributed by atoms with Crippen LogP contribution in [0.1, 0.15) is 22.8 Å². The van der Waals surface area contributed by atoms with Crippen LogP contribution in [0.5, 0.6) is 11.5 Å². The molecule has 1 aromatic heterocycles. The quantitative estimate of drug-likeness (QED) is 0.229. The summed E-state index contributed by atoms with van der Waals surface area (Å²) in [6.45, 7) is -0.199. The van der Waals surface area contributed by atoms with Gasteiger partial charge < -0.3 is 19.8 Å². The Hall–Kier alpha value is -3.87. The lowest BCUT2D eigenvalue weighted by Gasteiger charge is -2.43. The number of thiazole rings is 1. The van der Waals surface area contributed by atoms with Crippen LogP contribution in [0, 0.1) is 29.6 Å². The third kappa shape index (κ3) is 4.72. The zero-order valence-electron chi connectivity index (χ0n) is 24.5. The van der Waals surface area contributed by atoms with Gasteiger partial charge in [-0.25, -0.2) is 0 Å². The summed E-state index contributed by atoms with van der Waals surface area (Å²) in [5.74, 6) is -0.597. The third-order valence-corrected chi connectivity index (χ3v) is 12.9. The Morgan fingerprint density at radius 1 is 1.00 bits per heavy atom. The molecular formula is C34H28BrN3O6S2. The normalized spacial score (nSPS) is 27.3. The van der Waals surface area contributed by atoms with E-state index < -0.39 is 11.8 Å². The number of para-hydroxylation sites is 1. The lowest BCUT2D eigenvalue weighted by Crippen LogP contribution is -2.42. The van der Waals surface area contributed by atoms with Gasteiger partial charge in [0, 0.05) is 31.8 Å². The number of amides is 3. The minimum Gasteiger partial charge on any atom is -0.497 e. The molecule has 0 unspecified atom stereocenters. The van der Waals surface area contributed by atoms with E-state index in [0.717, 1.165) is 26.4 Å². The number of fused-ring (bicyclic) bond motifs is 9. The van der Waals surface area contributed by atoms with Gasteiger partial charge >= 0.3 is 4.87 Å². The lowest BCUT2D eigenvalue weighted by atomic mass is 9.68. The highest BCUT2D eigenvalue weighted by molar-refractivity contribution is 9.10. The SMILES string of the molecule is COc1ccc(N2C(=O)[C@H]3[C@H]4C[C@@H]([C@@H]3C2=O)[C@@H]2[C@H](c3cc(Br)ccc3OCC(=O)Nc3ccccc3)c3sc(=O)[nH]c3S[C@H]42)cc1. The predicted octanol–water partition coefficient (Wildman–Crippen LogP) is 5.90. The number of nitrogens with one attached hydrogen (secondary N) is 2. The van der Waals surface area contributed by atoms with Crippen molar-refractivity contribution in [3.05, 3.63) is 97.4 Å². The van der Waals surface area contributed by atoms with Crippen LogP contribution in [0.3, 0.4) is 0 Å². The van der Waals surface area contributed by atoms with Gasteiger partial charge in [0.1, 0.15) is 11.5 Å². The molecule has 234 valence electrons. The maximum atomic E-state index is 14.1. The summed E-state index contributed by atoms with van der Waals surface area (Å²) < 4.78 is 12.3. The van der Waals surface area contributed by atoms with E-state index in [1.54, 1.807) is 43.1 Å². The third-order valence-electron chi connectivity index (χ3n) is 9.78. The maximum Gasteiger partial charge on any atom is 0.305 e. The van der Waals surface area contributed by atoms with Crippen LogP contribution in [-0.4, -0.2) is 41.7 Å². The molecule has 3 heterocycles. The Morgan fingerprint density at radius 3 is 2.48 bits per heavy atom. The van der Waals surface area contributed by atoms with Crippen LogP contribution in [0.2, 0.25) is 0 Å². The van der Waals surface area contributed by atoms with Crippen molar-refractivity contribution in [3.8, 4) is 11.5 Å². The number of rotatable bonds is 7. The molecule has 12 heteroatoms. The highest BCUT2D eigenvalue weighted by atomic mass is 79.9. The Kier molecular flexibility index (Phi) is 7.34. The molecular weight excluding hydrogens is 690 g/mol. The van der Waals surface area contributed by atoms with Crippen LogP contribution in [0.15, 0.2) is 87.1 Å². The molecule has 2 bridgehead atoms. The van der Waals surface area contributed by atoms with E-state index in [9.17, 15) is 19.2 Å². The summed E-state index contributed by atoms with van der Waals surface area (Å²) in [5, 5.41) is 3.69. The predicted molar refractivity (Wildman–Crippen MR) is 179 cm³/mol. The number of aromatic nitrogens is 1. The van der Waals surface area contributed by atoms with Crippen LogP contribution >= 0.6 is 39.0 Å². The number of aromatic amines is 1. The van der Waals surface area contributed by atoms with Crippen molar-refractivity contribution in [1.82, 2.24) is 4.98 Å². The molecule has 3 aromatic carbocycles. The number of hydrogen-bond acceptors (Lipinski definition) is 8. The second-order valence-corrected chi connectivity index (χ2v) is 15.2. The van der Waals surface area contributed by atoms with E-state index in [1.165, 1.54) is 16.2 Å². The molecule has 1 saturated heterocycles. The van der Waals surface area contributed by atoms with E-state index in [0.29, 0.717) is 22.9 Å². The van der Waals surface area contributed by atoms with Crippen LogP contribution in [0.25, 0.3) is 0 Å². The van der Waals surface area contributed by atoms with E-state index in [1.807, 2.05) is 48.5 Å². The van der Waals surface area contributed by atoms with Crippen LogP contribution in [-0.2, 0) is 14.4 Å². The minimum atomic E-state index is -0.436. The Labute approximate surface area is 280 Å². The second-order valence-electron chi connectivity index (χ2n) is 12.1. The van der Waals surface area contributed by atoms with Crippen LogP contribution in [0.4, 0.5) is 11.4 Å². The molecule has 46 heavy (non-hydrogen) atoms. The summed E-state index contributed by atoms with van der Waals surface area (Å²) in [7, 11) is 1.58. The molecule has 2 saturated carbocycles. The van der Waals surface area contributed by atoms with Crippen molar-refractivity contribution in [2.75, 3.05) is 23.9 Å². The van der Waals surface area contributed by atoms with Gasteiger partial charge in [0.25, 0.3) is 5.91 Å². The molecule has 7 atom stereocenters. The summed E-state index contributed by atoms with van der Waals surface area (Å²) in [6.07, 6.45) is 0.769. The van der Waals surface area contributed by atoms with Crippen molar-refractivity contribution in [3.63, 3.8) is 0 Å². The standard InChI is InChI=1S/C34H28BrN3O6S2/c1-43-19-10-8-18(9-11-19)38-32(40)27-21-14-22(28(27)33(38)41)29-26(21)25(30-31(45-29)37-34(42)46-30)20-13-16(35)7-12-23(20)44-15-24(39)36-17-5-3-2-4-6-17/h2-13,21-22,25-29H,14-15H2,1H3,(H,36,39)(H,37,42)/t21-,22-,25+,26-,27+,28+,29-/m1/s1. The summed E-state index contributed by atoms with van der Waals surface area (Å²) in [5.41, 5.74) is 2.08.